The Bertz CT molecular complexity index is 663. The Morgan fingerprint density at radius 3 is 2.70 bits per heavy atom. The fraction of sp³-hybridized carbons (Fsp3) is 0.0833. The van der Waals surface area contributed by atoms with Crippen LogP contribution in [0.5, 0.6) is 0 Å². The molecule has 0 aromatic carbocycles. The first-order chi connectivity index (χ1) is 9.47. The van der Waals surface area contributed by atoms with Crippen LogP contribution in [0.15, 0.2) is 24.5 Å². The van der Waals surface area contributed by atoms with Crippen LogP contribution in [0.2, 0.25) is 0 Å². The van der Waals surface area contributed by atoms with Crippen molar-refractivity contribution in [2.45, 2.75) is 6.43 Å². The van der Waals surface area contributed by atoms with E-state index >= 15 is 0 Å². The average molecular weight is 284 g/mol. The van der Waals surface area contributed by atoms with Crippen LogP contribution in [-0.2, 0) is 0 Å². The third kappa shape index (κ3) is 3.08. The maximum absolute atomic E-state index is 13.5. The summed E-state index contributed by atoms with van der Waals surface area (Å²) < 4.78 is 50.6. The molecule has 0 spiro atoms. The summed E-state index contributed by atoms with van der Waals surface area (Å²) in [7, 11) is 0. The monoisotopic (exact) mass is 284 g/mol. The molecule has 8 heteroatoms. The van der Waals surface area contributed by atoms with Crippen LogP contribution >= 0.6 is 0 Å². The molecule has 0 fully saturated rings. The van der Waals surface area contributed by atoms with Crippen molar-refractivity contribution in [3.63, 3.8) is 0 Å². The highest BCUT2D eigenvalue weighted by atomic mass is 19.3. The van der Waals surface area contributed by atoms with E-state index in [1.165, 1.54) is 6.20 Å². The molecule has 0 unspecified atom stereocenters. The molecule has 2 rings (SSSR count). The zero-order chi connectivity index (χ0) is 14.7. The fourth-order valence-electron chi connectivity index (χ4n) is 1.42. The van der Waals surface area contributed by atoms with Crippen molar-refractivity contribution < 1.29 is 17.6 Å². The Hall–Kier alpha value is -2.51. The lowest BCUT2D eigenvalue weighted by Crippen LogP contribution is -2.03. The van der Waals surface area contributed by atoms with Crippen molar-refractivity contribution in [3.05, 3.63) is 42.1 Å². The molecule has 0 aliphatic carbocycles. The molecule has 2 heterocycles. The van der Waals surface area contributed by atoms with Gasteiger partial charge in [0.05, 0.1) is 23.8 Å². The van der Waals surface area contributed by atoms with Crippen LogP contribution in [0, 0.1) is 17.2 Å². The molecule has 0 saturated heterocycles. The van der Waals surface area contributed by atoms with Gasteiger partial charge in [-0.25, -0.2) is 23.1 Å². The molecular formula is C12H8F4N4. The summed E-state index contributed by atoms with van der Waals surface area (Å²) >= 11 is 0. The number of nitrogens with zero attached hydrogens (tertiary/aromatic N) is 2. The highest BCUT2D eigenvalue weighted by molar-refractivity contribution is 5.97. The number of alkyl halides is 2. The van der Waals surface area contributed by atoms with Gasteiger partial charge in [-0.1, -0.05) is 0 Å². The van der Waals surface area contributed by atoms with Crippen LogP contribution < -0.4 is 0 Å². The number of aromatic amines is 1. The van der Waals surface area contributed by atoms with Crippen LogP contribution in [0.4, 0.5) is 17.6 Å². The van der Waals surface area contributed by atoms with Gasteiger partial charge >= 0.3 is 0 Å². The summed E-state index contributed by atoms with van der Waals surface area (Å²) in [6.07, 6.45) is 1.09. The molecule has 0 aliphatic rings. The average Bonchev–Trinajstić information content (AvgIpc) is 2.87. The van der Waals surface area contributed by atoms with Gasteiger partial charge in [-0.3, -0.25) is 5.41 Å². The third-order valence-electron chi connectivity index (χ3n) is 2.36. The van der Waals surface area contributed by atoms with Gasteiger partial charge in [-0.2, -0.15) is 4.39 Å². The minimum absolute atomic E-state index is 0.0754. The summed E-state index contributed by atoms with van der Waals surface area (Å²) in [6, 6.07) is 0.886. The second-order valence-corrected chi connectivity index (χ2v) is 3.76. The molecule has 104 valence electrons. The Morgan fingerprint density at radius 1 is 1.25 bits per heavy atom. The number of hydrogen-bond acceptors (Lipinski definition) is 3. The lowest BCUT2D eigenvalue weighted by Gasteiger charge is -1.98. The maximum atomic E-state index is 13.5. The number of rotatable bonds is 4. The molecule has 2 aromatic rings. The molecule has 0 aliphatic heterocycles. The summed E-state index contributed by atoms with van der Waals surface area (Å²) in [6.45, 7) is 0. The van der Waals surface area contributed by atoms with Crippen LogP contribution in [0.25, 0.3) is 17.3 Å². The number of imidazole rings is 1. The number of halogens is 4. The Kier molecular flexibility index (Phi) is 3.92. The number of nitrogens with one attached hydrogen (secondary N) is 2. The van der Waals surface area contributed by atoms with Gasteiger partial charge in [0.2, 0.25) is 5.95 Å². The zero-order valence-corrected chi connectivity index (χ0v) is 9.87. The van der Waals surface area contributed by atoms with Crippen molar-refractivity contribution in [1.82, 2.24) is 15.0 Å². The van der Waals surface area contributed by atoms with E-state index < -0.39 is 23.9 Å². The van der Waals surface area contributed by atoms with Crippen molar-refractivity contribution in [2.24, 2.45) is 0 Å². The van der Waals surface area contributed by atoms with Crippen molar-refractivity contribution in [1.29, 1.82) is 5.41 Å². The summed E-state index contributed by atoms with van der Waals surface area (Å²) in [5, 5.41) is 6.93. The number of allylic oxidation sites excluding steroid dienone is 1. The lowest BCUT2D eigenvalue weighted by molar-refractivity contribution is 0.226. The van der Waals surface area contributed by atoms with Crippen molar-refractivity contribution in [3.8, 4) is 11.3 Å². The maximum Gasteiger partial charge on any atom is 0.279 e. The van der Waals surface area contributed by atoms with E-state index in [-0.39, 0.29) is 17.1 Å². The predicted molar refractivity (Wildman–Crippen MR) is 64.5 cm³/mol. The summed E-state index contributed by atoms with van der Waals surface area (Å²) in [5.41, 5.74) is -0.773. The van der Waals surface area contributed by atoms with Gasteiger partial charge in [0, 0.05) is 11.6 Å². The van der Waals surface area contributed by atoms with E-state index in [1.54, 1.807) is 0 Å². The van der Waals surface area contributed by atoms with E-state index in [4.69, 9.17) is 5.41 Å². The molecule has 4 nitrogen and oxygen atoms in total. The fourth-order valence-corrected chi connectivity index (χ4v) is 1.42. The summed E-state index contributed by atoms with van der Waals surface area (Å²) in [4.78, 5) is 9.57. The third-order valence-corrected chi connectivity index (χ3v) is 2.36. The second kappa shape index (κ2) is 5.64. The van der Waals surface area contributed by atoms with Crippen LogP contribution in [0.1, 0.15) is 5.82 Å². The first-order valence-corrected chi connectivity index (χ1v) is 5.38. The Balaban J connectivity index is 2.25. The molecule has 20 heavy (non-hydrogen) atoms. The standard InChI is InChI=1S/C12H8F4N4/c13-7-4-18-10(14)3-6(7)9-5-19-11(20-9)2-1-8(17)12(15)16/h1-5,12,17H,(H,19,20)/b2-1-,17-8?. The minimum Gasteiger partial charge on any atom is -0.338 e. The van der Waals surface area contributed by atoms with Gasteiger partial charge < -0.3 is 4.98 Å². The number of H-pyrrole nitrogens is 1. The SMILES string of the molecule is N=C(/C=C\c1ncc(-c2cc(F)ncc2F)[nH]1)C(F)F. The highest BCUT2D eigenvalue weighted by Gasteiger charge is 2.10. The summed E-state index contributed by atoms with van der Waals surface area (Å²) in [5.74, 6) is -1.46. The van der Waals surface area contributed by atoms with Gasteiger partial charge in [0.25, 0.3) is 6.43 Å². The topological polar surface area (TPSA) is 65.4 Å². The predicted octanol–water partition coefficient (Wildman–Crippen LogP) is 3.05. The molecule has 2 N–H and O–H groups in total. The number of aromatic nitrogens is 3. The molecule has 0 atom stereocenters. The van der Waals surface area contributed by atoms with Gasteiger partial charge in [0.1, 0.15) is 5.82 Å². The Labute approximate surface area is 110 Å². The number of pyridine rings is 1. The van der Waals surface area contributed by atoms with Crippen molar-refractivity contribution in [2.75, 3.05) is 0 Å². The second-order valence-electron chi connectivity index (χ2n) is 3.76. The zero-order valence-electron chi connectivity index (χ0n) is 9.87. The first kappa shape index (κ1) is 13.9. The minimum atomic E-state index is -2.88. The molecular weight excluding hydrogens is 276 g/mol. The quantitative estimate of drug-likeness (QED) is 0.515. The van der Waals surface area contributed by atoms with Crippen molar-refractivity contribution >= 4 is 11.8 Å². The molecule has 0 bridgehead atoms. The first-order valence-electron chi connectivity index (χ1n) is 5.38. The smallest absolute Gasteiger partial charge is 0.279 e. The van der Waals surface area contributed by atoms with Crippen LogP contribution in [-0.4, -0.2) is 27.1 Å². The van der Waals surface area contributed by atoms with E-state index in [0.29, 0.717) is 0 Å². The largest absolute Gasteiger partial charge is 0.338 e. The van der Waals surface area contributed by atoms with E-state index in [0.717, 1.165) is 24.4 Å². The van der Waals surface area contributed by atoms with Gasteiger partial charge in [-0.05, 0) is 12.2 Å². The number of hydrogen-bond donors (Lipinski definition) is 2. The highest BCUT2D eigenvalue weighted by Crippen LogP contribution is 2.21. The molecule has 0 saturated carbocycles. The molecule has 0 radical (unpaired) electrons. The molecule has 2 aromatic heterocycles. The molecule has 0 amide bonds. The Morgan fingerprint density at radius 2 is 2.00 bits per heavy atom. The lowest BCUT2D eigenvalue weighted by atomic mass is 10.2. The van der Waals surface area contributed by atoms with E-state index in [2.05, 4.69) is 15.0 Å². The van der Waals surface area contributed by atoms with Gasteiger partial charge in [-0.15, -0.1) is 0 Å². The van der Waals surface area contributed by atoms with Gasteiger partial charge in [0.15, 0.2) is 5.82 Å². The van der Waals surface area contributed by atoms with Crippen LogP contribution in [0.3, 0.4) is 0 Å². The normalized spacial score (nSPS) is 11.4. The van der Waals surface area contributed by atoms with E-state index in [1.807, 2.05) is 0 Å². The van der Waals surface area contributed by atoms with E-state index in [9.17, 15) is 17.6 Å².